The fourth-order valence-corrected chi connectivity index (χ4v) is 2.01. The van der Waals surface area contributed by atoms with Crippen LogP contribution in [0.25, 0.3) is 17.1 Å². The number of hydrogen-bond donors (Lipinski definition) is 0. The van der Waals surface area contributed by atoms with Crippen LogP contribution in [-0.2, 0) is 0 Å². The van der Waals surface area contributed by atoms with E-state index in [4.69, 9.17) is 16.0 Å². The monoisotopic (exact) mass is 290 g/mol. The quantitative estimate of drug-likeness (QED) is 0.727. The van der Waals surface area contributed by atoms with Crippen LogP contribution in [0.2, 0.25) is 5.02 Å². The van der Waals surface area contributed by atoms with Gasteiger partial charge in [0, 0.05) is 0 Å². The fourth-order valence-electron chi connectivity index (χ4n) is 1.80. The van der Waals surface area contributed by atoms with Crippen molar-refractivity contribution in [2.75, 3.05) is 0 Å². The topological polar surface area (TPSA) is 48.0 Å². The molecular weight excluding hydrogens is 283 g/mol. The van der Waals surface area contributed by atoms with E-state index in [1.807, 2.05) is 0 Å². The van der Waals surface area contributed by atoms with Crippen molar-refractivity contribution >= 4 is 11.6 Å². The van der Waals surface area contributed by atoms with E-state index in [2.05, 4.69) is 5.10 Å². The molecular formula is C14H8ClFN2O2. The highest BCUT2D eigenvalue weighted by Gasteiger charge is 2.16. The van der Waals surface area contributed by atoms with E-state index in [-0.39, 0.29) is 11.5 Å². The Morgan fingerprint density at radius 2 is 1.80 bits per heavy atom. The zero-order valence-electron chi connectivity index (χ0n) is 10.1. The maximum Gasteiger partial charge on any atom is 0.442 e. The molecule has 0 unspecified atom stereocenters. The minimum absolute atomic E-state index is 0.0898. The van der Waals surface area contributed by atoms with Crippen molar-refractivity contribution in [2.45, 2.75) is 0 Å². The molecule has 3 rings (SSSR count). The van der Waals surface area contributed by atoms with Gasteiger partial charge in [0.05, 0.1) is 16.3 Å². The molecule has 0 saturated carbocycles. The molecule has 0 atom stereocenters. The van der Waals surface area contributed by atoms with Gasteiger partial charge >= 0.3 is 5.76 Å². The Bertz CT molecular complexity index is 826. The number of rotatable bonds is 2. The van der Waals surface area contributed by atoms with Crippen molar-refractivity contribution in [3.8, 4) is 17.1 Å². The van der Waals surface area contributed by atoms with E-state index in [1.54, 1.807) is 36.4 Å². The number of benzene rings is 2. The van der Waals surface area contributed by atoms with Crippen molar-refractivity contribution < 1.29 is 8.81 Å². The fraction of sp³-hybridized carbons (Fsp3) is 0. The van der Waals surface area contributed by atoms with Gasteiger partial charge in [-0.15, -0.1) is 5.10 Å². The average molecular weight is 291 g/mol. The number of nitrogens with zero attached hydrogens (tertiary/aromatic N) is 2. The minimum Gasteiger partial charge on any atom is -0.387 e. The van der Waals surface area contributed by atoms with E-state index in [0.29, 0.717) is 10.7 Å². The molecule has 2 aromatic carbocycles. The maximum absolute atomic E-state index is 13.7. The molecule has 1 heterocycles. The zero-order chi connectivity index (χ0) is 14.1. The van der Waals surface area contributed by atoms with Gasteiger partial charge in [0.15, 0.2) is 0 Å². The highest BCUT2D eigenvalue weighted by Crippen LogP contribution is 2.22. The molecule has 100 valence electrons. The predicted molar refractivity (Wildman–Crippen MR) is 72.5 cm³/mol. The molecule has 0 bridgehead atoms. The first-order valence-electron chi connectivity index (χ1n) is 5.77. The van der Waals surface area contributed by atoms with Gasteiger partial charge in [-0.1, -0.05) is 35.9 Å². The van der Waals surface area contributed by atoms with Crippen molar-refractivity contribution in [3.63, 3.8) is 0 Å². The van der Waals surface area contributed by atoms with Gasteiger partial charge in [-0.3, -0.25) is 0 Å². The summed E-state index contributed by atoms with van der Waals surface area (Å²) in [6, 6.07) is 12.6. The molecule has 4 nitrogen and oxygen atoms in total. The van der Waals surface area contributed by atoms with Crippen molar-refractivity contribution in [1.82, 2.24) is 9.78 Å². The second kappa shape index (κ2) is 4.94. The molecule has 0 amide bonds. The molecule has 0 fully saturated rings. The highest BCUT2D eigenvalue weighted by atomic mass is 35.5. The minimum atomic E-state index is -0.726. The van der Waals surface area contributed by atoms with Crippen LogP contribution in [-0.4, -0.2) is 9.78 Å². The van der Waals surface area contributed by atoms with Crippen LogP contribution in [0, 0.1) is 5.82 Å². The lowest BCUT2D eigenvalue weighted by Crippen LogP contribution is -2.13. The van der Waals surface area contributed by atoms with Gasteiger partial charge in [-0.2, -0.15) is 4.68 Å². The molecule has 0 saturated heterocycles. The van der Waals surface area contributed by atoms with E-state index in [9.17, 15) is 9.18 Å². The van der Waals surface area contributed by atoms with Crippen LogP contribution in [0.15, 0.2) is 57.7 Å². The first kappa shape index (κ1) is 12.6. The molecule has 0 aliphatic rings. The van der Waals surface area contributed by atoms with E-state index >= 15 is 0 Å². The van der Waals surface area contributed by atoms with E-state index in [1.165, 1.54) is 12.1 Å². The first-order chi connectivity index (χ1) is 9.66. The smallest absolute Gasteiger partial charge is 0.387 e. The molecule has 0 aliphatic carbocycles. The third kappa shape index (κ3) is 2.12. The Balaban J connectivity index is 2.16. The summed E-state index contributed by atoms with van der Waals surface area (Å²) in [6.07, 6.45) is 0. The third-order valence-electron chi connectivity index (χ3n) is 2.73. The molecule has 0 N–H and O–H groups in total. The number of hydrogen-bond acceptors (Lipinski definition) is 3. The van der Waals surface area contributed by atoms with Gasteiger partial charge in [0.25, 0.3) is 5.89 Å². The lowest BCUT2D eigenvalue weighted by molar-refractivity contribution is 0.511. The Labute approximate surface area is 118 Å². The SMILES string of the molecule is O=c1oc(-c2ccccc2F)nn1-c1ccccc1Cl. The lowest BCUT2D eigenvalue weighted by atomic mass is 10.2. The summed E-state index contributed by atoms with van der Waals surface area (Å²) < 4.78 is 19.7. The molecule has 0 radical (unpaired) electrons. The summed E-state index contributed by atoms with van der Waals surface area (Å²) in [5, 5.41) is 4.33. The second-order valence-corrected chi connectivity index (χ2v) is 4.42. The molecule has 0 spiro atoms. The molecule has 1 aromatic heterocycles. The standard InChI is InChI=1S/C14H8ClFN2O2/c15-10-6-2-4-8-12(10)18-14(19)20-13(17-18)9-5-1-3-7-11(9)16/h1-8H. The van der Waals surface area contributed by atoms with Gasteiger partial charge < -0.3 is 4.42 Å². The summed E-state index contributed by atoms with van der Waals surface area (Å²) in [5.41, 5.74) is 0.501. The number of aromatic nitrogens is 2. The second-order valence-electron chi connectivity index (χ2n) is 4.02. The molecule has 20 heavy (non-hydrogen) atoms. The zero-order valence-corrected chi connectivity index (χ0v) is 10.8. The largest absolute Gasteiger partial charge is 0.442 e. The maximum atomic E-state index is 13.7. The van der Waals surface area contributed by atoms with E-state index in [0.717, 1.165) is 4.68 Å². The Kier molecular flexibility index (Phi) is 3.12. The van der Waals surface area contributed by atoms with Gasteiger partial charge in [0.2, 0.25) is 0 Å². The summed E-state index contributed by atoms with van der Waals surface area (Å²) in [7, 11) is 0. The first-order valence-corrected chi connectivity index (χ1v) is 6.14. The molecule has 6 heteroatoms. The number of halogens is 2. The van der Waals surface area contributed by atoms with Crippen LogP contribution in [0.5, 0.6) is 0 Å². The van der Waals surface area contributed by atoms with Crippen LogP contribution in [0.4, 0.5) is 4.39 Å². The van der Waals surface area contributed by atoms with Gasteiger partial charge in [0.1, 0.15) is 5.82 Å². The summed E-state index contributed by atoms with van der Waals surface area (Å²) >= 11 is 6.00. The number of para-hydroxylation sites is 1. The van der Waals surface area contributed by atoms with Crippen molar-refractivity contribution in [1.29, 1.82) is 0 Å². The van der Waals surface area contributed by atoms with E-state index < -0.39 is 11.6 Å². The van der Waals surface area contributed by atoms with Crippen molar-refractivity contribution in [3.05, 3.63) is 69.9 Å². The third-order valence-corrected chi connectivity index (χ3v) is 3.05. The summed E-state index contributed by atoms with van der Waals surface area (Å²) in [6.45, 7) is 0. The van der Waals surface area contributed by atoms with Gasteiger partial charge in [-0.05, 0) is 24.3 Å². The Morgan fingerprint density at radius 1 is 1.10 bits per heavy atom. The highest BCUT2D eigenvalue weighted by molar-refractivity contribution is 6.32. The Hall–Kier alpha value is -2.40. The van der Waals surface area contributed by atoms with Crippen molar-refractivity contribution in [2.24, 2.45) is 0 Å². The average Bonchev–Trinajstić information content (AvgIpc) is 2.81. The van der Waals surface area contributed by atoms with Gasteiger partial charge in [-0.25, -0.2) is 9.18 Å². The Morgan fingerprint density at radius 3 is 2.55 bits per heavy atom. The lowest BCUT2D eigenvalue weighted by Gasteiger charge is -2.00. The normalized spacial score (nSPS) is 10.7. The van der Waals surface area contributed by atoms with Crippen LogP contribution >= 0.6 is 11.6 Å². The molecule has 0 aliphatic heterocycles. The summed E-state index contributed by atoms with van der Waals surface area (Å²) in [5.74, 6) is -1.33. The van der Waals surface area contributed by atoms with Crippen LogP contribution < -0.4 is 5.76 Å². The van der Waals surface area contributed by atoms with Crippen LogP contribution in [0.3, 0.4) is 0 Å². The summed E-state index contributed by atoms with van der Waals surface area (Å²) in [4.78, 5) is 11.8. The molecule has 3 aromatic rings. The predicted octanol–water partition coefficient (Wildman–Crippen LogP) is 3.29. The van der Waals surface area contributed by atoms with Crippen LogP contribution in [0.1, 0.15) is 0 Å².